The summed E-state index contributed by atoms with van der Waals surface area (Å²) < 4.78 is 7.49. The molecule has 24 heavy (non-hydrogen) atoms. The number of rotatable bonds is 6. The molecule has 6 nitrogen and oxygen atoms in total. The van der Waals surface area contributed by atoms with Gasteiger partial charge in [0.15, 0.2) is 0 Å². The number of carbonyl (C=O) groups excluding carboxylic acids is 1. The molecule has 0 N–H and O–H groups in total. The number of hydrogen-bond acceptors (Lipinski definition) is 4. The second kappa shape index (κ2) is 6.73. The van der Waals surface area contributed by atoms with Crippen LogP contribution >= 0.6 is 0 Å². The number of carbonyl (C=O) groups is 1. The van der Waals surface area contributed by atoms with Crippen molar-refractivity contribution in [2.24, 2.45) is 0 Å². The summed E-state index contributed by atoms with van der Waals surface area (Å²) in [5.74, 6) is 0.667. The molecule has 4 rings (SSSR count). The summed E-state index contributed by atoms with van der Waals surface area (Å²) in [6.45, 7) is 2.06. The molecule has 0 spiro atoms. The Morgan fingerprint density at radius 2 is 2.04 bits per heavy atom. The number of amides is 1. The van der Waals surface area contributed by atoms with Crippen LogP contribution in [0.5, 0.6) is 0 Å². The van der Waals surface area contributed by atoms with Crippen molar-refractivity contribution in [3.05, 3.63) is 47.8 Å². The van der Waals surface area contributed by atoms with E-state index in [4.69, 9.17) is 4.74 Å². The molecular formula is C18H22N4O2. The van der Waals surface area contributed by atoms with Gasteiger partial charge in [0.25, 0.3) is 0 Å². The zero-order chi connectivity index (χ0) is 16.4. The molecule has 2 aromatic rings. The highest BCUT2D eigenvalue weighted by Gasteiger charge is 2.31. The maximum absolute atomic E-state index is 12.3. The van der Waals surface area contributed by atoms with Crippen LogP contribution in [0.3, 0.4) is 0 Å². The minimum absolute atomic E-state index is 0.0518. The van der Waals surface area contributed by atoms with Crippen molar-refractivity contribution < 1.29 is 9.53 Å². The van der Waals surface area contributed by atoms with E-state index in [-0.39, 0.29) is 18.6 Å². The monoisotopic (exact) mass is 326 g/mol. The van der Waals surface area contributed by atoms with Gasteiger partial charge < -0.3 is 9.64 Å². The molecule has 0 bridgehead atoms. The highest BCUT2D eigenvalue weighted by molar-refractivity contribution is 5.77. The van der Waals surface area contributed by atoms with Crippen molar-refractivity contribution in [1.29, 1.82) is 0 Å². The first-order valence-electron chi connectivity index (χ1n) is 8.61. The summed E-state index contributed by atoms with van der Waals surface area (Å²) in [5.41, 5.74) is 2.19. The first-order valence-corrected chi connectivity index (χ1v) is 8.61. The molecule has 1 aromatic heterocycles. The number of nitrogens with zero attached hydrogens (tertiary/aromatic N) is 4. The van der Waals surface area contributed by atoms with Gasteiger partial charge in [0.05, 0.1) is 18.3 Å². The van der Waals surface area contributed by atoms with Gasteiger partial charge in [-0.2, -0.15) is 0 Å². The fraction of sp³-hybridized carbons (Fsp3) is 0.500. The number of benzene rings is 1. The van der Waals surface area contributed by atoms with Gasteiger partial charge in [-0.15, -0.1) is 5.10 Å². The summed E-state index contributed by atoms with van der Waals surface area (Å²) >= 11 is 0. The fourth-order valence-corrected chi connectivity index (χ4v) is 3.14. The van der Waals surface area contributed by atoms with Gasteiger partial charge in [-0.25, -0.2) is 4.68 Å². The molecule has 1 aliphatic heterocycles. The van der Waals surface area contributed by atoms with E-state index >= 15 is 0 Å². The SMILES string of the molecule is O=C(COCc1ccccc1)N1CCC(n2cc(C3CC3)nn2)C1. The molecule has 1 saturated heterocycles. The van der Waals surface area contributed by atoms with Gasteiger partial charge in [-0.05, 0) is 24.8 Å². The normalized spacial score (nSPS) is 20.5. The quantitative estimate of drug-likeness (QED) is 0.816. The van der Waals surface area contributed by atoms with Crippen LogP contribution in [0.2, 0.25) is 0 Å². The lowest BCUT2D eigenvalue weighted by atomic mass is 10.2. The summed E-state index contributed by atoms with van der Waals surface area (Å²) in [6.07, 6.45) is 5.44. The lowest BCUT2D eigenvalue weighted by molar-refractivity contribution is -0.135. The number of hydrogen-bond donors (Lipinski definition) is 0. The van der Waals surface area contributed by atoms with Crippen LogP contribution in [0.25, 0.3) is 0 Å². The van der Waals surface area contributed by atoms with Crippen LogP contribution < -0.4 is 0 Å². The molecule has 2 fully saturated rings. The van der Waals surface area contributed by atoms with Crippen LogP contribution in [0.1, 0.15) is 42.5 Å². The standard InChI is InChI=1S/C18H22N4O2/c23-18(13-24-12-14-4-2-1-3-5-14)21-9-8-16(10-21)22-11-17(19-20-22)15-6-7-15/h1-5,11,15-16H,6-10,12-13H2. The van der Waals surface area contributed by atoms with Gasteiger partial charge in [-0.1, -0.05) is 35.5 Å². The summed E-state index contributed by atoms with van der Waals surface area (Å²) in [5, 5.41) is 8.51. The van der Waals surface area contributed by atoms with Gasteiger partial charge >= 0.3 is 0 Å². The van der Waals surface area contributed by atoms with Crippen LogP contribution in [0.15, 0.2) is 36.5 Å². The lowest BCUT2D eigenvalue weighted by Gasteiger charge is -2.16. The molecule has 0 radical (unpaired) electrons. The minimum atomic E-state index is 0.0518. The second-order valence-corrected chi connectivity index (χ2v) is 6.66. The van der Waals surface area contributed by atoms with Gasteiger partial charge in [-0.3, -0.25) is 4.79 Å². The molecule has 126 valence electrons. The molecule has 1 saturated carbocycles. The molecule has 1 unspecified atom stereocenters. The summed E-state index contributed by atoms with van der Waals surface area (Å²) in [4.78, 5) is 14.2. The Balaban J connectivity index is 1.25. The molecule has 1 aromatic carbocycles. The average Bonchev–Trinajstić information content (AvgIpc) is 3.13. The maximum Gasteiger partial charge on any atom is 0.248 e. The molecule has 6 heteroatoms. The van der Waals surface area contributed by atoms with Crippen LogP contribution in [0, 0.1) is 0 Å². The zero-order valence-corrected chi connectivity index (χ0v) is 13.7. The number of ether oxygens (including phenoxy) is 1. The van der Waals surface area contributed by atoms with Gasteiger partial charge in [0.2, 0.25) is 5.91 Å². The Morgan fingerprint density at radius 3 is 2.83 bits per heavy atom. The first-order chi connectivity index (χ1) is 11.8. The van der Waals surface area contributed by atoms with Crippen LogP contribution in [-0.4, -0.2) is 45.5 Å². The molecule has 1 atom stereocenters. The van der Waals surface area contributed by atoms with Crippen LogP contribution in [-0.2, 0) is 16.1 Å². The second-order valence-electron chi connectivity index (χ2n) is 6.66. The predicted molar refractivity (Wildman–Crippen MR) is 88.3 cm³/mol. The Kier molecular flexibility index (Phi) is 4.30. The maximum atomic E-state index is 12.3. The van der Waals surface area contributed by atoms with Crippen molar-refractivity contribution in [3.63, 3.8) is 0 Å². The van der Waals surface area contributed by atoms with E-state index in [1.165, 1.54) is 12.8 Å². The third-order valence-electron chi connectivity index (χ3n) is 4.75. The van der Waals surface area contributed by atoms with Crippen molar-refractivity contribution >= 4 is 5.91 Å². The summed E-state index contributed by atoms with van der Waals surface area (Å²) in [6, 6.07) is 10.1. The van der Waals surface area contributed by atoms with Crippen molar-refractivity contribution in [2.75, 3.05) is 19.7 Å². The highest BCUT2D eigenvalue weighted by atomic mass is 16.5. The van der Waals surface area contributed by atoms with E-state index in [0.717, 1.165) is 24.2 Å². The van der Waals surface area contributed by atoms with Crippen molar-refractivity contribution in [3.8, 4) is 0 Å². The van der Waals surface area contributed by atoms with E-state index in [9.17, 15) is 4.79 Å². The molecule has 1 aliphatic carbocycles. The van der Waals surface area contributed by atoms with Crippen LogP contribution in [0.4, 0.5) is 0 Å². The smallest absolute Gasteiger partial charge is 0.248 e. The lowest BCUT2D eigenvalue weighted by Crippen LogP contribution is -2.32. The number of aromatic nitrogens is 3. The minimum Gasteiger partial charge on any atom is -0.367 e. The van der Waals surface area contributed by atoms with E-state index in [1.807, 2.05) is 39.9 Å². The largest absolute Gasteiger partial charge is 0.367 e. The summed E-state index contributed by atoms with van der Waals surface area (Å²) in [7, 11) is 0. The highest BCUT2D eigenvalue weighted by Crippen LogP contribution is 2.39. The molecule has 2 heterocycles. The molecule has 2 aliphatic rings. The average molecular weight is 326 g/mol. The Morgan fingerprint density at radius 1 is 1.21 bits per heavy atom. The topological polar surface area (TPSA) is 60.2 Å². The third kappa shape index (κ3) is 3.48. The van der Waals surface area contributed by atoms with E-state index in [1.54, 1.807) is 0 Å². The van der Waals surface area contributed by atoms with Gasteiger partial charge in [0.1, 0.15) is 6.61 Å². The van der Waals surface area contributed by atoms with Crippen molar-refractivity contribution in [1.82, 2.24) is 19.9 Å². The van der Waals surface area contributed by atoms with E-state index < -0.39 is 0 Å². The van der Waals surface area contributed by atoms with Crippen molar-refractivity contribution in [2.45, 2.75) is 37.8 Å². The van der Waals surface area contributed by atoms with E-state index in [0.29, 0.717) is 19.1 Å². The van der Waals surface area contributed by atoms with Gasteiger partial charge in [0, 0.05) is 25.2 Å². The fourth-order valence-electron chi connectivity index (χ4n) is 3.14. The first kappa shape index (κ1) is 15.3. The Hall–Kier alpha value is -2.21. The van der Waals surface area contributed by atoms with E-state index in [2.05, 4.69) is 16.5 Å². The third-order valence-corrected chi connectivity index (χ3v) is 4.75. The molecular weight excluding hydrogens is 304 g/mol. The zero-order valence-electron chi connectivity index (χ0n) is 13.7. The predicted octanol–water partition coefficient (Wildman–Crippen LogP) is 2.15. The molecule has 1 amide bonds. The number of likely N-dealkylation sites (tertiary alicyclic amines) is 1. The Bertz CT molecular complexity index is 696. The Labute approximate surface area is 141 Å².